The first-order valence-electron chi connectivity index (χ1n) is 6.55. The summed E-state index contributed by atoms with van der Waals surface area (Å²) in [6.45, 7) is 4.35. The van der Waals surface area contributed by atoms with Crippen LogP contribution in [0.1, 0.15) is 25.5 Å². The third-order valence-corrected chi connectivity index (χ3v) is 3.53. The van der Waals surface area contributed by atoms with E-state index in [-0.39, 0.29) is 23.9 Å². The van der Waals surface area contributed by atoms with Gasteiger partial charge in [0.05, 0.1) is 18.6 Å². The van der Waals surface area contributed by atoms with E-state index in [1.807, 2.05) is 44.2 Å². The molecule has 106 valence electrons. The number of carbonyl (C=O) groups excluding carboxylic acids is 1. The minimum Gasteiger partial charge on any atom is -0.383 e. The van der Waals surface area contributed by atoms with Gasteiger partial charge in [0.2, 0.25) is 5.91 Å². The van der Waals surface area contributed by atoms with Gasteiger partial charge in [0.25, 0.3) is 0 Å². The van der Waals surface area contributed by atoms with Crippen molar-refractivity contribution in [3.8, 4) is 0 Å². The van der Waals surface area contributed by atoms with Gasteiger partial charge in [-0.05, 0) is 12.5 Å². The van der Waals surface area contributed by atoms with Crippen LogP contribution in [0.25, 0.3) is 0 Å². The highest BCUT2D eigenvalue weighted by atomic mass is 16.5. The van der Waals surface area contributed by atoms with Gasteiger partial charge in [-0.1, -0.05) is 37.3 Å². The lowest BCUT2D eigenvalue weighted by Crippen LogP contribution is -2.43. The van der Waals surface area contributed by atoms with Gasteiger partial charge in [0, 0.05) is 20.2 Å². The molecule has 19 heavy (non-hydrogen) atoms. The van der Waals surface area contributed by atoms with Crippen molar-refractivity contribution < 1.29 is 9.53 Å². The lowest BCUT2D eigenvalue weighted by Gasteiger charge is -2.29. The Kier molecular flexibility index (Phi) is 5.99. The minimum atomic E-state index is -0.286. The normalized spacial score (nSPS) is 15.6. The molecule has 0 aromatic heterocycles. The van der Waals surface area contributed by atoms with Gasteiger partial charge in [-0.2, -0.15) is 0 Å². The number of hydrogen-bond acceptors (Lipinski definition) is 3. The van der Waals surface area contributed by atoms with Crippen LogP contribution in [-0.4, -0.2) is 37.6 Å². The number of nitrogens with zero attached hydrogens (tertiary/aromatic N) is 1. The number of hydrogen-bond donors (Lipinski definition) is 1. The average Bonchev–Trinajstić information content (AvgIpc) is 2.45. The highest BCUT2D eigenvalue weighted by molar-refractivity contribution is 5.79. The fourth-order valence-electron chi connectivity index (χ4n) is 2.01. The summed E-state index contributed by atoms with van der Waals surface area (Å²) < 4.78 is 5.07. The van der Waals surface area contributed by atoms with E-state index in [1.54, 1.807) is 19.1 Å². The zero-order chi connectivity index (χ0) is 14.4. The summed E-state index contributed by atoms with van der Waals surface area (Å²) >= 11 is 0. The Morgan fingerprint density at radius 2 is 1.89 bits per heavy atom. The zero-order valence-electron chi connectivity index (χ0n) is 12.2. The zero-order valence-corrected chi connectivity index (χ0v) is 12.2. The van der Waals surface area contributed by atoms with Crippen LogP contribution < -0.4 is 5.73 Å². The largest absolute Gasteiger partial charge is 0.383 e. The maximum atomic E-state index is 12.4. The van der Waals surface area contributed by atoms with E-state index >= 15 is 0 Å². The first-order chi connectivity index (χ1) is 8.99. The maximum Gasteiger partial charge on any atom is 0.227 e. The van der Waals surface area contributed by atoms with Crippen molar-refractivity contribution in [2.45, 2.75) is 25.9 Å². The standard InChI is InChI=1S/C15H24N2O2/c1-11(10-19-4)17(3)15(18)12(2)14(16)13-8-6-5-7-9-13/h5-9,11-12,14H,10,16H2,1-4H3. The van der Waals surface area contributed by atoms with Crippen LogP contribution in [0, 0.1) is 5.92 Å². The molecule has 4 nitrogen and oxygen atoms in total. The average molecular weight is 264 g/mol. The number of likely N-dealkylation sites (N-methyl/N-ethyl adjacent to an activating group) is 1. The second-order valence-corrected chi connectivity index (χ2v) is 4.98. The molecule has 1 aromatic rings. The highest BCUT2D eigenvalue weighted by Gasteiger charge is 2.27. The van der Waals surface area contributed by atoms with Crippen LogP contribution in [0.4, 0.5) is 0 Å². The molecule has 1 aromatic carbocycles. The predicted molar refractivity (Wildman–Crippen MR) is 76.6 cm³/mol. The number of amides is 1. The van der Waals surface area contributed by atoms with Gasteiger partial charge < -0.3 is 15.4 Å². The van der Waals surface area contributed by atoms with Crippen molar-refractivity contribution in [3.05, 3.63) is 35.9 Å². The van der Waals surface area contributed by atoms with Gasteiger partial charge in [-0.15, -0.1) is 0 Å². The summed E-state index contributed by atoms with van der Waals surface area (Å²) in [5, 5.41) is 0. The molecule has 0 radical (unpaired) electrons. The van der Waals surface area contributed by atoms with Crippen molar-refractivity contribution >= 4 is 5.91 Å². The van der Waals surface area contributed by atoms with Crippen molar-refractivity contribution in [1.29, 1.82) is 0 Å². The molecule has 2 N–H and O–H groups in total. The van der Waals surface area contributed by atoms with E-state index in [0.29, 0.717) is 6.61 Å². The smallest absolute Gasteiger partial charge is 0.227 e. The SMILES string of the molecule is COCC(C)N(C)C(=O)C(C)C(N)c1ccccc1. The number of rotatable bonds is 6. The predicted octanol–water partition coefficient (Wildman–Crippen LogP) is 1.82. The number of nitrogens with two attached hydrogens (primary N) is 1. The van der Waals surface area contributed by atoms with Gasteiger partial charge in [0.15, 0.2) is 0 Å². The molecule has 0 aliphatic rings. The molecule has 0 aliphatic heterocycles. The van der Waals surface area contributed by atoms with Crippen molar-refractivity contribution in [2.75, 3.05) is 20.8 Å². The van der Waals surface area contributed by atoms with E-state index in [4.69, 9.17) is 10.5 Å². The van der Waals surface area contributed by atoms with Gasteiger partial charge in [-0.3, -0.25) is 4.79 Å². The molecule has 0 bridgehead atoms. The molecular formula is C15H24N2O2. The summed E-state index contributed by atoms with van der Waals surface area (Å²) in [6.07, 6.45) is 0. The number of methoxy groups -OCH3 is 1. The number of benzene rings is 1. The van der Waals surface area contributed by atoms with Crippen LogP contribution >= 0.6 is 0 Å². The maximum absolute atomic E-state index is 12.4. The molecule has 1 amide bonds. The van der Waals surface area contributed by atoms with E-state index in [1.165, 1.54) is 0 Å². The van der Waals surface area contributed by atoms with Crippen LogP contribution in [0.5, 0.6) is 0 Å². The Morgan fingerprint density at radius 1 is 1.32 bits per heavy atom. The molecule has 0 spiro atoms. The lowest BCUT2D eigenvalue weighted by atomic mass is 9.94. The molecule has 0 saturated heterocycles. The van der Waals surface area contributed by atoms with Gasteiger partial charge >= 0.3 is 0 Å². The van der Waals surface area contributed by atoms with Gasteiger partial charge in [0.1, 0.15) is 0 Å². The molecule has 0 fully saturated rings. The first-order valence-corrected chi connectivity index (χ1v) is 6.55. The summed E-state index contributed by atoms with van der Waals surface area (Å²) in [5.74, 6) is -0.215. The Bertz CT molecular complexity index is 394. The molecular weight excluding hydrogens is 240 g/mol. The second-order valence-electron chi connectivity index (χ2n) is 4.98. The van der Waals surface area contributed by atoms with Crippen LogP contribution in [-0.2, 0) is 9.53 Å². The minimum absolute atomic E-state index is 0.0425. The fraction of sp³-hybridized carbons (Fsp3) is 0.533. The topological polar surface area (TPSA) is 55.6 Å². The van der Waals surface area contributed by atoms with E-state index in [9.17, 15) is 4.79 Å². The molecule has 3 atom stereocenters. The Labute approximate surface area is 115 Å². The van der Waals surface area contributed by atoms with Gasteiger partial charge in [-0.25, -0.2) is 0 Å². The Balaban J connectivity index is 2.71. The Morgan fingerprint density at radius 3 is 2.42 bits per heavy atom. The number of ether oxygens (including phenoxy) is 1. The van der Waals surface area contributed by atoms with Crippen LogP contribution in [0.3, 0.4) is 0 Å². The van der Waals surface area contributed by atoms with E-state index in [2.05, 4.69) is 0 Å². The first kappa shape index (κ1) is 15.7. The van der Waals surface area contributed by atoms with Crippen LogP contribution in [0.15, 0.2) is 30.3 Å². The van der Waals surface area contributed by atoms with Crippen LogP contribution in [0.2, 0.25) is 0 Å². The highest BCUT2D eigenvalue weighted by Crippen LogP contribution is 2.21. The summed E-state index contributed by atoms with van der Waals surface area (Å²) in [6, 6.07) is 9.47. The third kappa shape index (κ3) is 4.04. The summed E-state index contributed by atoms with van der Waals surface area (Å²) in [5.41, 5.74) is 7.16. The molecule has 1 rings (SSSR count). The molecule has 4 heteroatoms. The summed E-state index contributed by atoms with van der Waals surface area (Å²) in [4.78, 5) is 14.1. The fourth-order valence-corrected chi connectivity index (χ4v) is 2.01. The molecule has 3 unspecified atom stereocenters. The Hall–Kier alpha value is -1.39. The molecule has 0 aliphatic carbocycles. The second kappa shape index (κ2) is 7.26. The third-order valence-electron chi connectivity index (χ3n) is 3.53. The van der Waals surface area contributed by atoms with E-state index in [0.717, 1.165) is 5.56 Å². The molecule has 0 saturated carbocycles. The lowest BCUT2D eigenvalue weighted by molar-refractivity contribution is -0.137. The van der Waals surface area contributed by atoms with Crippen molar-refractivity contribution in [2.24, 2.45) is 11.7 Å². The van der Waals surface area contributed by atoms with E-state index < -0.39 is 0 Å². The summed E-state index contributed by atoms with van der Waals surface area (Å²) in [7, 11) is 3.42. The van der Waals surface area contributed by atoms with Crippen molar-refractivity contribution in [1.82, 2.24) is 4.90 Å². The quantitative estimate of drug-likeness (QED) is 0.852. The number of carbonyl (C=O) groups is 1. The molecule has 0 heterocycles. The van der Waals surface area contributed by atoms with Crippen molar-refractivity contribution in [3.63, 3.8) is 0 Å². The monoisotopic (exact) mass is 264 g/mol.